The van der Waals surface area contributed by atoms with Crippen LogP contribution >= 0.6 is 0 Å². The van der Waals surface area contributed by atoms with Crippen molar-refractivity contribution in [1.29, 1.82) is 0 Å². The maximum Gasteiger partial charge on any atom is 0.522 e. The van der Waals surface area contributed by atoms with Crippen LogP contribution in [0.4, 0.5) is 13.2 Å². The molecule has 3 nitrogen and oxygen atoms in total. The third-order valence-corrected chi connectivity index (χ3v) is 11.9. The molecule has 0 saturated carbocycles. The number of hydrogen-bond acceptors (Lipinski definition) is 3. The first-order valence-corrected chi connectivity index (χ1v) is 9.29. The summed E-state index contributed by atoms with van der Waals surface area (Å²) in [6.07, 6.45) is 0. The Morgan fingerprint density at radius 1 is 0.889 bits per heavy atom. The van der Waals surface area contributed by atoms with E-state index < -0.39 is 34.0 Å². The molecule has 0 aromatic rings. The predicted molar refractivity (Wildman–Crippen MR) is 67.1 cm³/mol. The van der Waals surface area contributed by atoms with Gasteiger partial charge in [0.05, 0.1) is 0 Å². The van der Waals surface area contributed by atoms with Crippen LogP contribution in [0.2, 0.25) is 16.6 Å². The van der Waals surface area contributed by atoms with Crippen LogP contribution in [0.5, 0.6) is 0 Å². The Balaban J connectivity index is 5.74. The zero-order valence-corrected chi connectivity index (χ0v) is 13.6. The molecule has 0 spiro atoms. The highest BCUT2D eigenvalue weighted by molar-refractivity contribution is 7.88. The fourth-order valence-electron chi connectivity index (χ4n) is 1.64. The van der Waals surface area contributed by atoms with Crippen molar-refractivity contribution in [1.82, 2.24) is 0 Å². The van der Waals surface area contributed by atoms with E-state index in [9.17, 15) is 21.6 Å². The molecule has 0 bridgehead atoms. The molecule has 0 fully saturated rings. The molecule has 0 aliphatic rings. The maximum absolute atomic E-state index is 12.4. The van der Waals surface area contributed by atoms with Crippen molar-refractivity contribution in [2.24, 2.45) is 0 Å². The molecule has 0 aromatic carbocycles. The minimum atomic E-state index is -5.56. The number of alkyl halides is 3. The van der Waals surface area contributed by atoms with Crippen LogP contribution < -0.4 is 0 Å². The molecule has 8 heteroatoms. The van der Waals surface area contributed by atoms with Gasteiger partial charge in [-0.1, -0.05) is 41.5 Å². The Morgan fingerprint density at radius 2 is 1.17 bits per heavy atom. The summed E-state index contributed by atoms with van der Waals surface area (Å²) in [6, 6.07) is 0. The van der Waals surface area contributed by atoms with Gasteiger partial charge < -0.3 is 3.87 Å². The van der Waals surface area contributed by atoms with Gasteiger partial charge in [-0.05, 0) is 16.6 Å². The van der Waals surface area contributed by atoms with Gasteiger partial charge in [0.1, 0.15) is 0 Å². The Kier molecular flexibility index (Phi) is 4.46. The van der Waals surface area contributed by atoms with E-state index in [-0.39, 0.29) is 0 Å². The number of halogens is 3. The zero-order valence-electron chi connectivity index (χ0n) is 11.8. The highest BCUT2D eigenvalue weighted by Crippen LogP contribution is 2.53. The van der Waals surface area contributed by atoms with E-state index in [2.05, 4.69) is 0 Å². The first-order chi connectivity index (χ1) is 7.46. The van der Waals surface area contributed by atoms with Crippen molar-refractivity contribution in [3.63, 3.8) is 0 Å². The molecular weight excluding hydrogens is 285 g/mol. The Hall–Kier alpha value is -0.0831. The average Bonchev–Trinajstić information content (AvgIpc) is 1.95. The lowest BCUT2D eigenvalue weighted by Gasteiger charge is -2.47. The summed E-state index contributed by atoms with van der Waals surface area (Å²) >= 11 is 0. The van der Waals surface area contributed by atoms with Crippen LogP contribution in [0.3, 0.4) is 0 Å². The van der Waals surface area contributed by atoms with E-state index in [1.54, 1.807) is 41.5 Å². The maximum atomic E-state index is 12.4. The van der Waals surface area contributed by atoms with Crippen LogP contribution in [-0.4, -0.2) is 22.2 Å². The summed E-state index contributed by atoms with van der Waals surface area (Å²) in [5, 5.41) is -1.30. The molecule has 0 radical (unpaired) electrons. The molecule has 0 aliphatic heterocycles. The van der Waals surface area contributed by atoms with Gasteiger partial charge in [-0.15, -0.1) is 0 Å². The van der Waals surface area contributed by atoms with Crippen molar-refractivity contribution in [2.45, 2.75) is 63.7 Å². The van der Waals surface area contributed by atoms with Gasteiger partial charge in [0.15, 0.2) is 0 Å². The van der Waals surface area contributed by atoms with Gasteiger partial charge >= 0.3 is 15.6 Å². The summed E-state index contributed by atoms with van der Waals surface area (Å²) in [5.41, 5.74) is -5.38. The monoisotopic (exact) mass is 306 g/mol. The zero-order chi connectivity index (χ0) is 15.2. The van der Waals surface area contributed by atoms with E-state index in [1.165, 1.54) is 6.55 Å². The second-order valence-corrected chi connectivity index (χ2v) is 13.6. The predicted octanol–water partition coefficient (Wildman–Crippen LogP) is 4.03. The standard InChI is InChI=1S/C10H21F3O3SSi/c1-8(2,3)18(7,9(4,5)6)16-17(14,15)10(11,12)13/h1-7H3. The molecule has 0 amide bonds. The topological polar surface area (TPSA) is 43.4 Å². The SMILES string of the molecule is CC(C)(C)[Si](C)(OS(=O)(=O)C(F)(F)F)C(C)(C)C. The molecule has 18 heavy (non-hydrogen) atoms. The van der Waals surface area contributed by atoms with E-state index in [0.717, 1.165) is 0 Å². The molecule has 0 atom stereocenters. The normalized spacial score (nSPS) is 15.9. The minimum Gasteiger partial charge on any atom is -0.307 e. The smallest absolute Gasteiger partial charge is 0.307 e. The van der Waals surface area contributed by atoms with Crippen LogP contribution in [0.25, 0.3) is 0 Å². The van der Waals surface area contributed by atoms with Crippen LogP contribution in [-0.2, 0) is 14.0 Å². The third-order valence-electron chi connectivity index (χ3n) is 3.42. The molecule has 0 aromatic heterocycles. The van der Waals surface area contributed by atoms with Gasteiger partial charge in [0.2, 0.25) is 8.32 Å². The number of hydrogen-bond donors (Lipinski definition) is 0. The van der Waals surface area contributed by atoms with Gasteiger partial charge in [-0.3, -0.25) is 0 Å². The molecule has 0 unspecified atom stereocenters. The van der Waals surface area contributed by atoms with E-state index in [1.807, 2.05) is 0 Å². The Morgan fingerprint density at radius 3 is 1.33 bits per heavy atom. The van der Waals surface area contributed by atoms with Crippen molar-refractivity contribution in [3.05, 3.63) is 0 Å². The molecule has 0 heterocycles. The van der Waals surface area contributed by atoms with Crippen LogP contribution in [0.15, 0.2) is 0 Å². The van der Waals surface area contributed by atoms with Crippen molar-refractivity contribution >= 4 is 18.4 Å². The molecule has 0 aliphatic carbocycles. The second kappa shape index (κ2) is 4.48. The average molecular weight is 306 g/mol. The van der Waals surface area contributed by atoms with Gasteiger partial charge in [-0.2, -0.15) is 21.6 Å². The lowest BCUT2D eigenvalue weighted by molar-refractivity contribution is -0.0506. The summed E-state index contributed by atoms with van der Waals surface area (Å²) in [5.74, 6) is 0. The van der Waals surface area contributed by atoms with Crippen molar-refractivity contribution < 1.29 is 25.5 Å². The summed E-state index contributed by atoms with van der Waals surface area (Å²) in [7, 11) is -8.77. The largest absolute Gasteiger partial charge is 0.522 e. The lowest BCUT2D eigenvalue weighted by Crippen LogP contribution is -2.54. The fourth-order valence-corrected chi connectivity index (χ4v) is 8.02. The lowest BCUT2D eigenvalue weighted by atomic mass is 10.2. The summed E-state index contributed by atoms with van der Waals surface area (Å²) in [6.45, 7) is 11.8. The minimum absolute atomic E-state index is 0.649. The van der Waals surface area contributed by atoms with Crippen LogP contribution in [0.1, 0.15) is 41.5 Å². The third kappa shape index (κ3) is 3.27. The number of rotatable bonds is 2. The Bertz CT molecular complexity index is 388. The first-order valence-electron chi connectivity index (χ1n) is 5.48. The van der Waals surface area contributed by atoms with E-state index in [4.69, 9.17) is 3.87 Å². The van der Waals surface area contributed by atoms with Gasteiger partial charge in [0, 0.05) is 0 Å². The second-order valence-electron chi connectivity index (χ2n) is 6.52. The van der Waals surface area contributed by atoms with Gasteiger partial charge in [0.25, 0.3) is 0 Å². The summed E-state index contributed by atoms with van der Waals surface area (Å²) in [4.78, 5) is 0. The highest BCUT2D eigenvalue weighted by Gasteiger charge is 2.59. The quantitative estimate of drug-likeness (QED) is 0.571. The van der Waals surface area contributed by atoms with E-state index >= 15 is 0 Å². The molecule has 0 rings (SSSR count). The molecule has 0 N–H and O–H groups in total. The fraction of sp³-hybridized carbons (Fsp3) is 1.00. The van der Waals surface area contributed by atoms with Gasteiger partial charge in [-0.25, -0.2) is 0 Å². The Labute approximate surface area is 108 Å². The van der Waals surface area contributed by atoms with E-state index in [0.29, 0.717) is 0 Å². The van der Waals surface area contributed by atoms with Crippen molar-refractivity contribution in [2.75, 3.05) is 0 Å². The highest BCUT2D eigenvalue weighted by atomic mass is 32.2. The molecular formula is C10H21F3O3SSi. The molecule has 0 saturated heterocycles. The first kappa shape index (κ1) is 17.9. The molecule has 110 valence electrons. The van der Waals surface area contributed by atoms with Crippen LogP contribution in [0, 0.1) is 0 Å². The van der Waals surface area contributed by atoms with Crippen molar-refractivity contribution in [3.8, 4) is 0 Å². The summed E-state index contributed by atoms with van der Waals surface area (Å²) < 4.78 is 64.6.